The SMILES string of the molecule is Cc1nc(C)c(-c2csc(C(=O)NCc3cccc(F)c3)n2)s1. The lowest BCUT2D eigenvalue weighted by Crippen LogP contribution is -2.22. The van der Waals surface area contributed by atoms with E-state index in [1.54, 1.807) is 23.5 Å². The van der Waals surface area contributed by atoms with E-state index in [2.05, 4.69) is 15.3 Å². The third-order valence-electron chi connectivity index (χ3n) is 3.18. The van der Waals surface area contributed by atoms with Crippen molar-refractivity contribution < 1.29 is 9.18 Å². The summed E-state index contributed by atoms with van der Waals surface area (Å²) in [6, 6.07) is 6.15. The maximum atomic E-state index is 13.1. The predicted molar refractivity (Wildman–Crippen MR) is 90.3 cm³/mol. The van der Waals surface area contributed by atoms with Crippen LogP contribution in [0.1, 0.15) is 26.1 Å². The maximum Gasteiger partial charge on any atom is 0.280 e. The van der Waals surface area contributed by atoms with Gasteiger partial charge >= 0.3 is 0 Å². The zero-order valence-electron chi connectivity index (χ0n) is 12.6. The summed E-state index contributed by atoms with van der Waals surface area (Å²) in [6.45, 7) is 4.15. The summed E-state index contributed by atoms with van der Waals surface area (Å²) >= 11 is 2.85. The van der Waals surface area contributed by atoms with Crippen LogP contribution in [0.5, 0.6) is 0 Å². The Kier molecular flexibility index (Phi) is 4.49. The van der Waals surface area contributed by atoms with E-state index in [4.69, 9.17) is 0 Å². The highest BCUT2D eigenvalue weighted by Crippen LogP contribution is 2.30. The van der Waals surface area contributed by atoms with Crippen molar-refractivity contribution in [2.24, 2.45) is 0 Å². The minimum Gasteiger partial charge on any atom is -0.346 e. The minimum atomic E-state index is -0.315. The molecule has 1 aromatic carbocycles. The van der Waals surface area contributed by atoms with Gasteiger partial charge in [0.25, 0.3) is 5.91 Å². The average molecular weight is 347 g/mol. The van der Waals surface area contributed by atoms with Crippen LogP contribution >= 0.6 is 22.7 Å². The summed E-state index contributed by atoms with van der Waals surface area (Å²) in [5, 5.41) is 5.98. The second-order valence-corrected chi connectivity index (χ2v) is 7.06. The first kappa shape index (κ1) is 15.8. The van der Waals surface area contributed by atoms with E-state index in [-0.39, 0.29) is 18.3 Å². The summed E-state index contributed by atoms with van der Waals surface area (Å²) in [5.74, 6) is -0.575. The molecule has 0 aliphatic carbocycles. The second kappa shape index (κ2) is 6.55. The van der Waals surface area contributed by atoms with Crippen LogP contribution in [0.15, 0.2) is 29.6 Å². The molecule has 2 aromatic heterocycles. The van der Waals surface area contributed by atoms with Crippen molar-refractivity contribution in [2.45, 2.75) is 20.4 Å². The Labute approximate surface area is 141 Å². The smallest absolute Gasteiger partial charge is 0.280 e. The first-order valence-electron chi connectivity index (χ1n) is 6.95. The topological polar surface area (TPSA) is 54.9 Å². The molecule has 23 heavy (non-hydrogen) atoms. The van der Waals surface area contributed by atoms with Gasteiger partial charge in [-0.1, -0.05) is 12.1 Å². The predicted octanol–water partition coefficient (Wildman–Crippen LogP) is 3.95. The molecule has 4 nitrogen and oxygen atoms in total. The monoisotopic (exact) mass is 347 g/mol. The van der Waals surface area contributed by atoms with Gasteiger partial charge in [0, 0.05) is 11.9 Å². The van der Waals surface area contributed by atoms with Crippen molar-refractivity contribution in [3.05, 3.63) is 56.7 Å². The molecule has 0 radical (unpaired) electrons. The highest BCUT2D eigenvalue weighted by atomic mass is 32.1. The highest BCUT2D eigenvalue weighted by molar-refractivity contribution is 7.16. The maximum absolute atomic E-state index is 13.1. The Hall–Kier alpha value is -2.12. The van der Waals surface area contributed by atoms with Crippen LogP contribution in [-0.2, 0) is 6.54 Å². The molecular formula is C16H14FN3OS2. The number of nitrogens with zero attached hydrogens (tertiary/aromatic N) is 2. The molecule has 7 heteroatoms. The van der Waals surface area contributed by atoms with E-state index in [0.717, 1.165) is 21.3 Å². The van der Waals surface area contributed by atoms with Gasteiger partial charge in [-0.25, -0.2) is 14.4 Å². The van der Waals surface area contributed by atoms with Crippen molar-refractivity contribution >= 4 is 28.6 Å². The van der Waals surface area contributed by atoms with Gasteiger partial charge < -0.3 is 5.32 Å². The van der Waals surface area contributed by atoms with E-state index < -0.39 is 0 Å². The molecule has 0 aliphatic rings. The number of hydrogen-bond donors (Lipinski definition) is 1. The minimum absolute atomic E-state index is 0.260. The number of nitrogens with one attached hydrogen (secondary N) is 1. The number of thiazole rings is 2. The van der Waals surface area contributed by atoms with Crippen LogP contribution in [0.4, 0.5) is 4.39 Å². The van der Waals surface area contributed by atoms with E-state index >= 15 is 0 Å². The number of amides is 1. The Morgan fingerprint density at radius 2 is 2.13 bits per heavy atom. The molecule has 1 amide bonds. The molecule has 0 bridgehead atoms. The van der Waals surface area contributed by atoms with Gasteiger partial charge in [-0.15, -0.1) is 22.7 Å². The van der Waals surface area contributed by atoms with Gasteiger partial charge in [0.2, 0.25) is 0 Å². The van der Waals surface area contributed by atoms with Crippen LogP contribution in [0.25, 0.3) is 10.6 Å². The lowest BCUT2D eigenvalue weighted by atomic mass is 10.2. The first-order chi connectivity index (χ1) is 11.0. The fourth-order valence-corrected chi connectivity index (χ4v) is 3.84. The van der Waals surface area contributed by atoms with E-state index in [1.165, 1.54) is 23.5 Å². The second-order valence-electron chi connectivity index (χ2n) is 5.00. The van der Waals surface area contributed by atoms with Gasteiger partial charge in [0.15, 0.2) is 5.01 Å². The first-order valence-corrected chi connectivity index (χ1v) is 8.65. The number of rotatable bonds is 4. The standard InChI is InChI=1S/C16H14FN3OS2/c1-9-14(23-10(2)19-9)13-8-22-16(20-13)15(21)18-7-11-4-3-5-12(17)6-11/h3-6,8H,7H2,1-2H3,(H,18,21). The summed E-state index contributed by atoms with van der Waals surface area (Å²) in [5.41, 5.74) is 2.41. The molecule has 3 rings (SSSR count). The third-order valence-corrected chi connectivity index (χ3v) is 5.11. The van der Waals surface area contributed by atoms with Gasteiger partial charge in [-0.3, -0.25) is 4.79 Å². The van der Waals surface area contributed by atoms with Gasteiger partial charge in [-0.05, 0) is 31.5 Å². The number of carbonyl (C=O) groups excluding carboxylic acids is 1. The summed E-state index contributed by atoms with van der Waals surface area (Å²) in [4.78, 5) is 21.9. The van der Waals surface area contributed by atoms with Crippen molar-refractivity contribution in [1.29, 1.82) is 0 Å². The van der Waals surface area contributed by atoms with Crippen molar-refractivity contribution in [1.82, 2.24) is 15.3 Å². The average Bonchev–Trinajstić information content (AvgIpc) is 3.11. The Morgan fingerprint density at radius 1 is 1.30 bits per heavy atom. The molecule has 0 fully saturated rings. The molecule has 0 unspecified atom stereocenters. The van der Waals surface area contributed by atoms with Gasteiger partial charge in [-0.2, -0.15) is 0 Å². The van der Waals surface area contributed by atoms with Crippen LogP contribution in [-0.4, -0.2) is 15.9 Å². The molecule has 0 saturated carbocycles. The number of halogens is 1. The highest BCUT2D eigenvalue weighted by Gasteiger charge is 2.15. The third kappa shape index (κ3) is 3.62. The molecule has 0 saturated heterocycles. The van der Waals surface area contributed by atoms with E-state index in [0.29, 0.717) is 10.6 Å². The Balaban J connectivity index is 1.70. The lowest BCUT2D eigenvalue weighted by Gasteiger charge is -2.03. The van der Waals surface area contributed by atoms with Crippen molar-refractivity contribution in [3.8, 4) is 10.6 Å². The molecular weight excluding hydrogens is 333 g/mol. The number of aromatic nitrogens is 2. The Bertz CT molecular complexity index is 857. The molecule has 2 heterocycles. The molecule has 1 N–H and O–H groups in total. The van der Waals surface area contributed by atoms with Crippen molar-refractivity contribution in [2.75, 3.05) is 0 Å². The van der Waals surface area contributed by atoms with Crippen molar-refractivity contribution in [3.63, 3.8) is 0 Å². The van der Waals surface area contributed by atoms with E-state index in [9.17, 15) is 9.18 Å². The molecule has 0 aliphatic heterocycles. The quantitative estimate of drug-likeness (QED) is 0.777. The fraction of sp³-hybridized carbons (Fsp3) is 0.188. The molecule has 3 aromatic rings. The molecule has 0 atom stereocenters. The normalized spacial score (nSPS) is 10.7. The zero-order valence-corrected chi connectivity index (χ0v) is 14.2. The van der Waals surface area contributed by atoms with Crippen LogP contribution < -0.4 is 5.32 Å². The largest absolute Gasteiger partial charge is 0.346 e. The summed E-state index contributed by atoms with van der Waals surface area (Å²) in [6.07, 6.45) is 0. The number of aryl methyl sites for hydroxylation is 2. The number of hydrogen-bond acceptors (Lipinski definition) is 5. The lowest BCUT2D eigenvalue weighted by molar-refractivity contribution is 0.0950. The summed E-state index contributed by atoms with van der Waals surface area (Å²) in [7, 11) is 0. The van der Waals surface area contributed by atoms with Crippen LogP contribution in [0, 0.1) is 19.7 Å². The zero-order chi connectivity index (χ0) is 16.4. The Morgan fingerprint density at radius 3 is 2.83 bits per heavy atom. The van der Waals surface area contributed by atoms with Gasteiger partial charge in [0.1, 0.15) is 5.82 Å². The van der Waals surface area contributed by atoms with Crippen LogP contribution in [0.2, 0.25) is 0 Å². The number of benzene rings is 1. The van der Waals surface area contributed by atoms with Gasteiger partial charge in [0.05, 0.1) is 21.3 Å². The summed E-state index contributed by atoms with van der Waals surface area (Å²) < 4.78 is 13.1. The fourth-order valence-electron chi connectivity index (χ4n) is 2.16. The number of carbonyl (C=O) groups is 1. The van der Waals surface area contributed by atoms with Crippen LogP contribution in [0.3, 0.4) is 0 Å². The molecule has 118 valence electrons. The molecule has 0 spiro atoms. The van der Waals surface area contributed by atoms with E-state index in [1.807, 2.05) is 19.2 Å².